The minimum absolute atomic E-state index is 0. The molecule has 8 atom stereocenters. The summed E-state index contributed by atoms with van der Waals surface area (Å²) in [7, 11) is 0. The van der Waals surface area contributed by atoms with E-state index < -0.39 is 153 Å². The fourth-order valence-electron chi connectivity index (χ4n) is 13.0. The minimum atomic E-state index is -1.97. The molecule has 0 fully saturated rings. The number of amides is 12. The van der Waals surface area contributed by atoms with E-state index in [0.717, 1.165) is 36.4 Å². The second-order valence-electron chi connectivity index (χ2n) is 21.8. The predicted molar refractivity (Wildman–Crippen MR) is 306 cm³/mol. The van der Waals surface area contributed by atoms with Crippen molar-refractivity contribution in [2.75, 3.05) is 49.9 Å². The summed E-state index contributed by atoms with van der Waals surface area (Å²) in [6.45, 7) is 9.05. The molecule has 0 saturated carbocycles. The van der Waals surface area contributed by atoms with Gasteiger partial charge in [0.25, 0.3) is 0 Å². The van der Waals surface area contributed by atoms with Crippen LogP contribution in [0.2, 0.25) is 0 Å². The molecule has 30 nitrogen and oxygen atoms in total. The molecule has 0 aromatic heterocycles. The molecule has 482 valence electrons. The van der Waals surface area contributed by atoms with Crippen molar-refractivity contribution in [1.29, 1.82) is 0 Å². The first kappa shape index (κ1) is 89.6. The molecule has 36 heteroatoms. The van der Waals surface area contributed by atoms with Crippen molar-refractivity contribution in [2.24, 2.45) is 35.5 Å². The van der Waals surface area contributed by atoms with E-state index in [1.54, 1.807) is 27.7 Å². The summed E-state index contributed by atoms with van der Waals surface area (Å²) >= 11 is 0. The van der Waals surface area contributed by atoms with Crippen LogP contribution in [0.25, 0.3) is 0 Å². The number of urea groups is 6. The second kappa shape index (κ2) is 40.7. The van der Waals surface area contributed by atoms with Gasteiger partial charge in [0.15, 0.2) is 0 Å². The van der Waals surface area contributed by atoms with Crippen LogP contribution in [0.1, 0.15) is 101 Å². The van der Waals surface area contributed by atoms with E-state index >= 15 is 0 Å². The molecule has 12 N–H and O–H groups in total. The summed E-state index contributed by atoms with van der Waals surface area (Å²) in [5, 5.41) is 107. The molecule has 3 aliphatic heterocycles. The van der Waals surface area contributed by atoms with Gasteiger partial charge in [0.1, 0.15) is 0 Å². The Morgan fingerprint density at radius 1 is 0.406 bits per heavy atom. The van der Waals surface area contributed by atoms with E-state index in [-0.39, 0.29) is 254 Å². The van der Waals surface area contributed by atoms with Crippen LogP contribution in [0.4, 0.5) is 40.1 Å². The van der Waals surface area contributed by atoms with Crippen LogP contribution in [-0.2, 0) is 19.2 Å². The molecule has 4 aliphatic carbocycles. The number of carbonyl (C=O) groups is 12. The first-order valence-electron chi connectivity index (χ1n) is 29.3. The summed E-state index contributed by atoms with van der Waals surface area (Å²) in [5.74, 6) is -17.9. The number of benzene rings is 1. The van der Waals surface area contributed by atoms with Gasteiger partial charge in [0.2, 0.25) is 0 Å². The molecule has 8 rings (SSSR count). The molecule has 3 unspecified atom stereocenters. The van der Waals surface area contributed by atoms with Gasteiger partial charge in [0.05, 0.1) is 58.7 Å². The van der Waals surface area contributed by atoms with Gasteiger partial charge in [0, 0.05) is 97.2 Å². The van der Waals surface area contributed by atoms with Gasteiger partial charge in [-0.3, -0.25) is 0 Å². The van der Waals surface area contributed by atoms with E-state index in [4.69, 9.17) is 0 Å². The van der Waals surface area contributed by atoms with Gasteiger partial charge < -0.3 is 123 Å². The number of carboxylic acid groups (broad SMARTS) is 6. The van der Waals surface area contributed by atoms with Gasteiger partial charge >= 0.3 is 214 Å². The minimum Gasteiger partial charge on any atom is -0.549 e. The average molecular weight is 1380 g/mol. The summed E-state index contributed by atoms with van der Waals surface area (Å²) in [6, 6.07) is -7.29. The Kier molecular flexibility index (Phi) is 38.0. The quantitative estimate of drug-likeness (QED) is 0.0865. The standard InChI is InChI=1S/C60H74N12O18.6Na/c1-7-25-37-19-61-55(85)67-43-13-31(49(73)74)33(51(77)78)15-45(43)70-58(88)64-22-40-28(10-4)41-23-65-59(89)71-46-16-34(52(79)80)32(50(75)76)14-44(46)68-56(86)62-20-38(25)27(9-3)39(26(37)8-2)21-63-57(87)69-47-17-35(53(81)82)36(54(83)84)18-48(47)72-60(90)66-24-42(29(40)11-5)30(41)12-6;;;;;;/h13-18,25,28,31,33,37,40,47-48H,7-12,19-24H2,1-6H3,(H,73,74)(H,75,76)(H,77,78)(H,79,80)(H,81,82)(H,83,84)(H2,61,67,85)(H2,62,68,86)(H2,63,69,87)(H2,64,70,88)(H2,65,71,89)(H2,66,72,90);;;;;;/q;6*+1/p-6/t25-,28-,31-,33+,37?,40?,47?,48+;;;;;;/m1....../s1. The van der Waals surface area contributed by atoms with Crippen LogP contribution in [0.15, 0.2) is 104 Å². The maximum atomic E-state index is 14.3. The molecule has 12 amide bonds. The van der Waals surface area contributed by atoms with Gasteiger partial charge in [-0.05, 0) is 108 Å². The SMILES string of the molecule is CCC1=C2CNC(=O)Nc3cc(C(=O)[O-])c(C(=O)[O-])cc3NC(=O)NCC3=C(CC)C4=C(CC)C(CNC(=O)NC5=C[C@H](C(=O)[O-])[C@H](C(=O)[O-])C=C5NC(=O)NCC(C(CC)=C1CNC(=O)NC1C=C(C(=O)[O-])C(C(=O)[O-])=C[C@@H]1NC(=O)NC4)[C@H]2CC)[C@H]3CC.[Na+].[Na+].[Na+].[Na+].[Na+].[Na+]. The third-order valence-electron chi connectivity index (χ3n) is 17.0. The number of hydrogen-bond acceptors (Lipinski definition) is 18. The molecular weight excluding hydrogens is 1310 g/mol. The van der Waals surface area contributed by atoms with Crippen LogP contribution in [-0.4, -0.2) is 123 Å². The van der Waals surface area contributed by atoms with E-state index in [0.29, 0.717) is 57.4 Å². The number of carbonyl (C=O) groups excluding carboxylic acids is 12. The maximum absolute atomic E-state index is 14.3. The van der Waals surface area contributed by atoms with Gasteiger partial charge in [-0.25, -0.2) is 28.8 Å². The summed E-state index contributed by atoms with van der Waals surface area (Å²) in [5.41, 5.74) is -0.570. The molecule has 0 radical (unpaired) electrons. The normalized spacial score (nSPS) is 23.3. The van der Waals surface area contributed by atoms with E-state index in [1.807, 2.05) is 13.8 Å². The first-order chi connectivity index (χ1) is 42.8. The van der Waals surface area contributed by atoms with Crippen molar-refractivity contribution in [1.82, 2.24) is 53.2 Å². The van der Waals surface area contributed by atoms with Crippen LogP contribution in [0, 0.1) is 35.5 Å². The zero-order valence-corrected chi connectivity index (χ0v) is 67.9. The number of anilines is 2. The topological polar surface area (TPSA) is 488 Å². The predicted octanol–water partition coefficient (Wildman–Crippen LogP) is -21.3. The third kappa shape index (κ3) is 21.3. The number of rotatable bonds is 12. The van der Waals surface area contributed by atoms with Crippen molar-refractivity contribution >= 4 is 83.4 Å². The number of nitrogens with one attached hydrogen (secondary N) is 12. The van der Waals surface area contributed by atoms with Crippen LogP contribution in [0.5, 0.6) is 0 Å². The Balaban J connectivity index is 0.00000768. The number of fused-ring (bicyclic) bond motifs is 18. The van der Waals surface area contributed by atoms with Crippen molar-refractivity contribution in [3.8, 4) is 0 Å². The maximum Gasteiger partial charge on any atom is 1.00 e. The Bertz CT molecular complexity index is 3290. The molecule has 3 heterocycles. The summed E-state index contributed by atoms with van der Waals surface area (Å²) < 4.78 is 0. The zero-order chi connectivity index (χ0) is 66.0. The number of aliphatic carboxylic acids is 4. The number of aromatic carboxylic acids is 2. The Morgan fingerprint density at radius 2 is 0.729 bits per heavy atom. The van der Waals surface area contributed by atoms with E-state index in [1.165, 1.54) is 0 Å². The molecule has 0 saturated heterocycles. The van der Waals surface area contributed by atoms with Crippen molar-refractivity contribution < 1.29 is 266 Å². The Morgan fingerprint density at radius 3 is 1.01 bits per heavy atom. The number of carboxylic acids is 6. The molecule has 7 aliphatic rings. The molecule has 0 spiro atoms. The van der Waals surface area contributed by atoms with Gasteiger partial charge in [-0.2, -0.15) is 0 Å². The van der Waals surface area contributed by atoms with Crippen molar-refractivity contribution in [3.05, 3.63) is 115 Å². The largest absolute Gasteiger partial charge is 1.00 e. The van der Waals surface area contributed by atoms with Crippen molar-refractivity contribution in [3.63, 3.8) is 0 Å². The van der Waals surface area contributed by atoms with Gasteiger partial charge in [-0.15, -0.1) is 0 Å². The monoisotopic (exact) mass is 1380 g/mol. The Labute approximate surface area is 685 Å². The molecule has 1 aromatic carbocycles. The smallest absolute Gasteiger partial charge is 0.549 e. The third-order valence-corrected chi connectivity index (χ3v) is 17.0. The first-order valence-corrected chi connectivity index (χ1v) is 29.3. The van der Waals surface area contributed by atoms with Crippen LogP contribution < -0.4 is 272 Å². The van der Waals surface area contributed by atoms with E-state index in [9.17, 15) is 88.2 Å². The van der Waals surface area contributed by atoms with Crippen molar-refractivity contribution in [2.45, 2.75) is 92.2 Å². The molecule has 96 heavy (non-hydrogen) atoms. The molecular formula is C60H68N12Na6O18. The fourth-order valence-corrected chi connectivity index (χ4v) is 13.0. The van der Waals surface area contributed by atoms with Gasteiger partial charge in [-0.1, -0.05) is 64.8 Å². The average Bonchev–Trinajstić information content (AvgIpc) is 0.780. The van der Waals surface area contributed by atoms with E-state index in [2.05, 4.69) is 63.8 Å². The summed E-state index contributed by atoms with van der Waals surface area (Å²) in [4.78, 5) is 160. The fraction of sp³-hybridized carbons (Fsp3) is 0.433. The Hall–Kier alpha value is -4.42. The van der Waals surface area contributed by atoms with Crippen LogP contribution in [0.3, 0.4) is 0 Å². The zero-order valence-electron chi connectivity index (χ0n) is 55.9. The second-order valence-corrected chi connectivity index (χ2v) is 21.8. The molecule has 1 aromatic rings. The molecule has 6 bridgehead atoms. The van der Waals surface area contributed by atoms with Crippen LogP contribution >= 0.6 is 0 Å². The number of hydrogen-bond donors (Lipinski definition) is 12. The summed E-state index contributed by atoms with van der Waals surface area (Å²) in [6.07, 6.45) is 5.10.